The van der Waals surface area contributed by atoms with E-state index in [1.54, 1.807) is 0 Å². The molecule has 1 fully saturated rings. The Hall–Kier alpha value is -3.35. The lowest BCUT2D eigenvalue weighted by molar-refractivity contribution is 0.0923. The molecule has 1 aromatic carbocycles. The van der Waals surface area contributed by atoms with Crippen molar-refractivity contribution in [3.05, 3.63) is 35.3 Å². The first kappa shape index (κ1) is 26.7. The zero-order chi connectivity index (χ0) is 26.8. The summed E-state index contributed by atoms with van der Waals surface area (Å²) in [5, 5.41) is 16.1. The third-order valence-corrected chi connectivity index (χ3v) is 9.18. The number of sulfonamides is 1. The number of aromatic nitrogens is 5. The van der Waals surface area contributed by atoms with E-state index in [0.29, 0.717) is 24.2 Å². The number of anilines is 2. The Morgan fingerprint density at radius 1 is 1.16 bits per heavy atom. The summed E-state index contributed by atoms with van der Waals surface area (Å²) < 4.78 is 64.5. The molecule has 0 radical (unpaired) electrons. The van der Waals surface area contributed by atoms with Gasteiger partial charge in [-0.2, -0.15) is 5.21 Å². The van der Waals surface area contributed by atoms with Gasteiger partial charge in [0.05, 0.1) is 24.2 Å². The van der Waals surface area contributed by atoms with Crippen LogP contribution in [-0.2, 0) is 26.4 Å². The lowest BCUT2D eigenvalue weighted by Crippen LogP contribution is -2.23. The minimum absolute atomic E-state index is 0.0274. The van der Waals surface area contributed by atoms with E-state index in [9.17, 15) is 30.8 Å². The number of carbonyl (C=O) groups excluding carboxylic acids is 2. The molecule has 0 bridgehead atoms. The number of amides is 2. The Labute approximate surface area is 214 Å². The first-order valence-corrected chi connectivity index (χ1v) is 15.0. The number of aromatic amines is 1. The van der Waals surface area contributed by atoms with Crippen molar-refractivity contribution in [3.63, 3.8) is 0 Å². The Morgan fingerprint density at radius 3 is 2.54 bits per heavy atom. The van der Waals surface area contributed by atoms with Gasteiger partial charge in [0.1, 0.15) is 5.82 Å². The maximum absolute atomic E-state index is 13.9. The number of H-pyrrole nitrogens is 1. The minimum Gasteiger partial charge on any atom is -0.307 e. The van der Waals surface area contributed by atoms with Gasteiger partial charge in [0.15, 0.2) is 15.1 Å². The number of hydrogen-bond acceptors (Lipinski definition) is 11. The lowest BCUT2D eigenvalue weighted by Gasteiger charge is -2.14. The average Bonchev–Trinajstić information content (AvgIpc) is 3.59. The fraction of sp³-hybridized carbons (Fsp3) is 0.368. The van der Waals surface area contributed by atoms with Gasteiger partial charge in [-0.15, -0.1) is 5.10 Å². The summed E-state index contributed by atoms with van der Waals surface area (Å²) >= 11 is 0.533. The molecule has 14 nitrogen and oxygen atoms in total. The van der Waals surface area contributed by atoms with Crippen LogP contribution in [-0.4, -0.2) is 60.5 Å². The van der Waals surface area contributed by atoms with Crippen LogP contribution in [0.15, 0.2) is 27.6 Å². The van der Waals surface area contributed by atoms with Crippen LogP contribution >= 0.6 is 11.3 Å². The monoisotopic (exact) mass is 572 g/mol. The molecule has 3 aromatic rings. The average molecular weight is 573 g/mol. The summed E-state index contributed by atoms with van der Waals surface area (Å²) in [5.41, 5.74) is -0.111. The van der Waals surface area contributed by atoms with Crippen LogP contribution in [0.2, 0.25) is 0 Å². The fourth-order valence-corrected chi connectivity index (χ4v) is 6.66. The SMILES string of the molecule is CS(=O)(=O)NCc1nc(NC(=O)Nc2ccc(F)cc2C(=O)C2CCCC2)sc1S(=O)(=O)c1nn[nH]n1. The van der Waals surface area contributed by atoms with Crippen molar-refractivity contribution >= 4 is 53.8 Å². The van der Waals surface area contributed by atoms with E-state index in [2.05, 4.69) is 35.8 Å². The minimum atomic E-state index is -4.35. The number of halogens is 1. The number of ketones is 1. The molecule has 1 aliphatic rings. The highest BCUT2D eigenvalue weighted by molar-refractivity contribution is 7.93. The van der Waals surface area contributed by atoms with Crippen LogP contribution in [0.5, 0.6) is 0 Å². The van der Waals surface area contributed by atoms with Crippen LogP contribution in [0, 0.1) is 11.7 Å². The topological polar surface area (TPSA) is 206 Å². The molecule has 198 valence electrons. The van der Waals surface area contributed by atoms with Gasteiger partial charge in [-0.3, -0.25) is 10.1 Å². The van der Waals surface area contributed by atoms with Crippen LogP contribution in [0.1, 0.15) is 41.7 Å². The van der Waals surface area contributed by atoms with Gasteiger partial charge >= 0.3 is 6.03 Å². The zero-order valence-electron chi connectivity index (χ0n) is 19.2. The summed E-state index contributed by atoms with van der Waals surface area (Å²) in [6.45, 7) is -0.497. The van der Waals surface area contributed by atoms with E-state index in [1.165, 1.54) is 6.07 Å². The molecule has 37 heavy (non-hydrogen) atoms. The Bertz CT molecular complexity index is 1530. The highest BCUT2D eigenvalue weighted by Crippen LogP contribution is 2.33. The predicted octanol–water partition coefficient (Wildman–Crippen LogP) is 1.69. The zero-order valence-corrected chi connectivity index (χ0v) is 21.6. The largest absolute Gasteiger partial charge is 0.325 e. The second kappa shape index (κ2) is 10.6. The summed E-state index contributed by atoms with van der Waals surface area (Å²) in [5.74, 6) is -1.16. The van der Waals surface area contributed by atoms with Gasteiger partial charge in [0, 0.05) is 11.5 Å². The van der Waals surface area contributed by atoms with Crippen LogP contribution in [0.4, 0.5) is 20.0 Å². The maximum Gasteiger partial charge on any atom is 0.325 e. The molecule has 1 saturated carbocycles. The molecule has 0 unspecified atom stereocenters. The molecular weight excluding hydrogens is 551 g/mol. The number of Topliss-reactive ketones (excluding diaryl/α,β-unsaturated/α-hetero) is 1. The van der Waals surface area contributed by atoms with Gasteiger partial charge in [-0.05, 0) is 36.3 Å². The van der Waals surface area contributed by atoms with Crippen molar-refractivity contribution in [1.29, 1.82) is 0 Å². The molecule has 1 aliphatic carbocycles. The molecule has 4 rings (SSSR count). The Kier molecular flexibility index (Phi) is 7.62. The van der Waals surface area contributed by atoms with E-state index in [1.807, 2.05) is 5.21 Å². The van der Waals surface area contributed by atoms with E-state index < -0.39 is 47.6 Å². The predicted molar refractivity (Wildman–Crippen MR) is 129 cm³/mol. The number of thiazole rings is 1. The number of nitrogens with zero attached hydrogens (tertiary/aromatic N) is 4. The Balaban J connectivity index is 1.58. The van der Waals surface area contributed by atoms with Crippen LogP contribution in [0.3, 0.4) is 0 Å². The molecule has 4 N–H and O–H groups in total. The van der Waals surface area contributed by atoms with Gasteiger partial charge in [0.25, 0.3) is 15.0 Å². The van der Waals surface area contributed by atoms with Crippen molar-refractivity contribution < 1.29 is 30.8 Å². The number of nitrogens with one attached hydrogen (secondary N) is 4. The van der Waals surface area contributed by atoms with Gasteiger partial charge in [-0.25, -0.2) is 35.7 Å². The molecule has 0 saturated heterocycles. The Morgan fingerprint density at radius 2 is 1.89 bits per heavy atom. The highest BCUT2D eigenvalue weighted by Gasteiger charge is 2.31. The normalized spacial score (nSPS) is 14.5. The van der Waals surface area contributed by atoms with Crippen molar-refractivity contribution in [2.24, 2.45) is 5.92 Å². The van der Waals surface area contributed by atoms with E-state index in [-0.39, 0.29) is 33.8 Å². The van der Waals surface area contributed by atoms with E-state index in [0.717, 1.165) is 31.2 Å². The number of urea groups is 1. The summed E-state index contributed by atoms with van der Waals surface area (Å²) in [7, 11) is -8.06. The smallest absolute Gasteiger partial charge is 0.307 e. The molecule has 0 spiro atoms. The first-order valence-electron chi connectivity index (χ1n) is 10.8. The van der Waals surface area contributed by atoms with Crippen LogP contribution < -0.4 is 15.4 Å². The molecule has 0 aliphatic heterocycles. The second-order valence-corrected chi connectivity index (χ2v) is 13.0. The number of hydrogen-bond donors (Lipinski definition) is 4. The van der Waals surface area contributed by atoms with E-state index in [4.69, 9.17) is 0 Å². The first-order chi connectivity index (χ1) is 17.4. The number of benzene rings is 1. The second-order valence-electron chi connectivity index (χ2n) is 8.16. The standard InChI is InChI=1S/C19H21FN8O6S3/c1-36(31,32)21-9-14-16(37(33,34)19-25-27-28-26-19)35-18(23-14)24-17(30)22-13-7-6-11(20)8-12(13)15(29)10-4-2-3-5-10/h6-8,10,21H,2-5,9H2,1H3,(H2,22,23,24,30)(H,25,26,27,28). The molecule has 2 heterocycles. The fourth-order valence-electron chi connectivity index (χ4n) is 3.75. The van der Waals surface area contributed by atoms with Crippen molar-refractivity contribution in [3.8, 4) is 0 Å². The van der Waals surface area contributed by atoms with E-state index >= 15 is 0 Å². The third kappa shape index (κ3) is 6.32. The van der Waals surface area contributed by atoms with Gasteiger partial charge < -0.3 is 5.32 Å². The third-order valence-electron chi connectivity index (χ3n) is 5.42. The highest BCUT2D eigenvalue weighted by atomic mass is 32.2. The molecule has 0 atom stereocenters. The van der Waals surface area contributed by atoms with Crippen molar-refractivity contribution in [2.75, 3.05) is 16.9 Å². The molecule has 2 amide bonds. The summed E-state index contributed by atoms with van der Waals surface area (Å²) in [6, 6.07) is 2.53. The molecular formula is C19H21FN8O6S3. The number of sulfone groups is 1. The van der Waals surface area contributed by atoms with Crippen LogP contribution in [0.25, 0.3) is 0 Å². The maximum atomic E-state index is 13.9. The van der Waals surface area contributed by atoms with Crippen molar-refractivity contribution in [2.45, 2.75) is 41.6 Å². The lowest BCUT2D eigenvalue weighted by atomic mass is 9.95. The summed E-state index contributed by atoms with van der Waals surface area (Å²) in [4.78, 5) is 29.6. The number of rotatable bonds is 9. The number of carbonyl (C=O) groups is 2. The van der Waals surface area contributed by atoms with Gasteiger partial charge in [-0.1, -0.05) is 29.3 Å². The number of tetrazole rings is 1. The quantitative estimate of drug-likeness (QED) is 0.273. The summed E-state index contributed by atoms with van der Waals surface area (Å²) in [6.07, 6.45) is 4.03. The molecule has 2 aromatic heterocycles. The van der Waals surface area contributed by atoms with Gasteiger partial charge in [0.2, 0.25) is 10.0 Å². The van der Waals surface area contributed by atoms with Crippen molar-refractivity contribution in [1.82, 2.24) is 30.3 Å². The molecule has 18 heteroatoms.